The molecular weight excluding hydrogens is 240 g/mol. The number of rotatable bonds is 5. The Balaban J connectivity index is 2.53. The van der Waals surface area contributed by atoms with Crippen LogP contribution in [0.3, 0.4) is 0 Å². The maximum absolute atomic E-state index is 12.7. The van der Waals surface area contributed by atoms with E-state index in [0.717, 1.165) is 19.3 Å². The lowest BCUT2D eigenvalue weighted by atomic mass is 9.75. The van der Waals surface area contributed by atoms with Gasteiger partial charge in [-0.2, -0.15) is 8.78 Å². The van der Waals surface area contributed by atoms with Gasteiger partial charge in [0.1, 0.15) is 0 Å². The molecule has 0 spiro atoms. The Morgan fingerprint density at radius 3 is 2.24 bits per heavy atom. The summed E-state index contributed by atoms with van der Waals surface area (Å²) >= 11 is 0. The van der Waals surface area contributed by atoms with Crippen LogP contribution < -0.4 is 5.32 Å². The second-order valence-corrected chi connectivity index (χ2v) is 4.58. The lowest BCUT2D eigenvalue weighted by molar-refractivity contribution is -0.170. The second-order valence-electron chi connectivity index (χ2n) is 4.58. The van der Waals surface area contributed by atoms with E-state index in [1.807, 2.05) is 10.2 Å². The summed E-state index contributed by atoms with van der Waals surface area (Å²) in [7, 11) is 3.55. The van der Waals surface area contributed by atoms with Gasteiger partial charge in [0.05, 0.1) is 0 Å². The summed E-state index contributed by atoms with van der Waals surface area (Å²) in [6.07, 6.45) is -1.50. The highest BCUT2D eigenvalue weighted by Crippen LogP contribution is 2.35. The topological polar surface area (TPSA) is 32.3 Å². The van der Waals surface area contributed by atoms with Crippen molar-refractivity contribution in [2.45, 2.75) is 37.1 Å². The van der Waals surface area contributed by atoms with Crippen molar-refractivity contribution in [2.24, 2.45) is 0 Å². The van der Waals surface area contributed by atoms with E-state index in [9.17, 15) is 22.4 Å². The van der Waals surface area contributed by atoms with Gasteiger partial charge in [0.25, 0.3) is 5.91 Å². The molecule has 0 saturated heterocycles. The number of amides is 1. The van der Waals surface area contributed by atoms with E-state index in [1.165, 1.54) is 0 Å². The molecular formula is C10H16F4N2O. The number of nitrogens with zero attached hydrogens (tertiary/aromatic N) is 1. The maximum atomic E-state index is 12.7. The summed E-state index contributed by atoms with van der Waals surface area (Å²) in [6, 6.07) is 0. The first kappa shape index (κ1) is 14.2. The Hall–Kier alpha value is -0.850. The summed E-state index contributed by atoms with van der Waals surface area (Å²) in [6.45, 7) is -0.0266. The van der Waals surface area contributed by atoms with Gasteiger partial charge in [-0.25, -0.2) is 8.78 Å². The van der Waals surface area contributed by atoms with Crippen molar-refractivity contribution >= 4 is 5.91 Å². The molecule has 1 amide bonds. The van der Waals surface area contributed by atoms with Crippen LogP contribution in [0.5, 0.6) is 0 Å². The minimum Gasteiger partial charge on any atom is -0.349 e. The van der Waals surface area contributed by atoms with Gasteiger partial charge in [0, 0.05) is 12.1 Å². The molecule has 0 aromatic heterocycles. The average molecular weight is 256 g/mol. The number of likely N-dealkylation sites (N-methyl/N-ethyl adjacent to an activating group) is 1. The second kappa shape index (κ2) is 4.80. The van der Waals surface area contributed by atoms with Gasteiger partial charge >= 0.3 is 12.3 Å². The SMILES string of the molecule is CN(C)C1(CNC(=O)C(F)(F)C(F)F)CCC1. The van der Waals surface area contributed by atoms with Gasteiger partial charge in [-0.05, 0) is 33.4 Å². The smallest absolute Gasteiger partial charge is 0.349 e. The summed E-state index contributed by atoms with van der Waals surface area (Å²) in [5.41, 5.74) is -0.367. The summed E-state index contributed by atoms with van der Waals surface area (Å²) in [5, 5.41) is 1.92. The van der Waals surface area contributed by atoms with E-state index in [4.69, 9.17) is 0 Å². The van der Waals surface area contributed by atoms with Gasteiger partial charge in [0.15, 0.2) is 0 Å². The molecule has 0 aromatic carbocycles. The van der Waals surface area contributed by atoms with Crippen molar-refractivity contribution in [1.29, 1.82) is 0 Å². The monoisotopic (exact) mass is 256 g/mol. The lowest BCUT2D eigenvalue weighted by Crippen LogP contribution is -2.59. The van der Waals surface area contributed by atoms with E-state index in [-0.39, 0.29) is 12.1 Å². The van der Waals surface area contributed by atoms with E-state index in [2.05, 4.69) is 0 Å². The molecule has 3 nitrogen and oxygen atoms in total. The van der Waals surface area contributed by atoms with E-state index >= 15 is 0 Å². The Kier molecular flexibility index (Phi) is 4.01. The normalized spacial score (nSPS) is 19.3. The van der Waals surface area contributed by atoms with Crippen LogP contribution in [0, 0.1) is 0 Å². The Morgan fingerprint density at radius 2 is 1.94 bits per heavy atom. The van der Waals surface area contributed by atoms with Crippen molar-refractivity contribution in [3.63, 3.8) is 0 Å². The zero-order chi connectivity index (χ0) is 13.3. The number of hydrogen-bond acceptors (Lipinski definition) is 2. The van der Waals surface area contributed by atoms with Crippen LogP contribution in [0.15, 0.2) is 0 Å². The predicted octanol–water partition coefficient (Wildman–Crippen LogP) is 1.49. The molecule has 0 atom stereocenters. The third-order valence-electron chi connectivity index (χ3n) is 3.39. The van der Waals surface area contributed by atoms with Crippen LogP contribution in [0.1, 0.15) is 19.3 Å². The predicted molar refractivity (Wildman–Crippen MR) is 54.2 cm³/mol. The van der Waals surface area contributed by atoms with Crippen molar-refractivity contribution in [1.82, 2.24) is 10.2 Å². The Bertz CT molecular complexity index is 290. The molecule has 0 heterocycles. The minimum atomic E-state index is -4.61. The fraction of sp³-hybridized carbons (Fsp3) is 0.900. The zero-order valence-corrected chi connectivity index (χ0v) is 9.77. The molecule has 0 bridgehead atoms. The van der Waals surface area contributed by atoms with E-state index in [1.54, 1.807) is 14.1 Å². The third kappa shape index (κ3) is 2.70. The molecule has 0 unspecified atom stereocenters. The van der Waals surface area contributed by atoms with Crippen molar-refractivity contribution in [3.05, 3.63) is 0 Å². The van der Waals surface area contributed by atoms with Crippen LogP contribution in [0.2, 0.25) is 0 Å². The number of carbonyl (C=O) groups excluding carboxylic acids is 1. The molecule has 1 rings (SSSR count). The molecule has 1 fully saturated rings. The number of hydrogen-bond donors (Lipinski definition) is 1. The molecule has 1 N–H and O–H groups in total. The van der Waals surface area contributed by atoms with Crippen LogP contribution in [-0.2, 0) is 4.79 Å². The molecule has 7 heteroatoms. The van der Waals surface area contributed by atoms with E-state index < -0.39 is 18.3 Å². The maximum Gasteiger partial charge on any atom is 0.383 e. The molecule has 1 saturated carbocycles. The zero-order valence-electron chi connectivity index (χ0n) is 9.77. The molecule has 0 aromatic rings. The molecule has 100 valence electrons. The van der Waals surface area contributed by atoms with Gasteiger partial charge in [0.2, 0.25) is 0 Å². The molecule has 0 radical (unpaired) electrons. The standard InChI is InChI=1S/C10H16F4N2O/c1-16(2)9(4-3-5-9)6-15-8(17)10(13,14)7(11)12/h7H,3-6H2,1-2H3,(H,15,17). The average Bonchev–Trinajstić information content (AvgIpc) is 2.14. The molecule has 0 aliphatic heterocycles. The van der Waals surface area contributed by atoms with Gasteiger partial charge in [-0.15, -0.1) is 0 Å². The van der Waals surface area contributed by atoms with Crippen LogP contribution in [-0.4, -0.2) is 49.3 Å². The van der Waals surface area contributed by atoms with Gasteiger partial charge in [-0.3, -0.25) is 4.79 Å². The fourth-order valence-electron chi connectivity index (χ4n) is 1.83. The van der Waals surface area contributed by atoms with Crippen molar-refractivity contribution in [2.75, 3.05) is 20.6 Å². The first-order chi connectivity index (χ1) is 7.72. The number of carbonyl (C=O) groups is 1. The Labute approximate surface area is 97.2 Å². The first-order valence-corrected chi connectivity index (χ1v) is 5.34. The van der Waals surface area contributed by atoms with Crippen LogP contribution in [0.4, 0.5) is 17.6 Å². The molecule has 1 aliphatic rings. The highest BCUT2D eigenvalue weighted by atomic mass is 19.3. The summed E-state index contributed by atoms with van der Waals surface area (Å²) in [4.78, 5) is 12.8. The van der Waals surface area contributed by atoms with E-state index in [0.29, 0.717) is 0 Å². The quantitative estimate of drug-likeness (QED) is 0.756. The highest BCUT2D eigenvalue weighted by Gasteiger charge is 2.50. The Morgan fingerprint density at radius 1 is 1.41 bits per heavy atom. The van der Waals surface area contributed by atoms with Crippen LogP contribution in [0.25, 0.3) is 0 Å². The third-order valence-corrected chi connectivity index (χ3v) is 3.39. The van der Waals surface area contributed by atoms with Crippen molar-refractivity contribution in [3.8, 4) is 0 Å². The molecule has 17 heavy (non-hydrogen) atoms. The number of nitrogens with one attached hydrogen (secondary N) is 1. The summed E-state index contributed by atoms with van der Waals surface area (Å²) in [5.74, 6) is -6.52. The number of alkyl halides is 4. The molecule has 1 aliphatic carbocycles. The minimum absolute atomic E-state index is 0.0266. The fourth-order valence-corrected chi connectivity index (χ4v) is 1.83. The van der Waals surface area contributed by atoms with Crippen molar-refractivity contribution < 1.29 is 22.4 Å². The van der Waals surface area contributed by atoms with Crippen LogP contribution >= 0.6 is 0 Å². The van der Waals surface area contributed by atoms with Gasteiger partial charge < -0.3 is 10.2 Å². The lowest BCUT2D eigenvalue weighted by Gasteiger charge is -2.47. The highest BCUT2D eigenvalue weighted by molar-refractivity contribution is 5.83. The largest absolute Gasteiger partial charge is 0.383 e. The summed E-state index contributed by atoms with van der Waals surface area (Å²) < 4.78 is 49.2. The number of halogens is 4. The van der Waals surface area contributed by atoms with Gasteiger partial charge in [-0.1, -0.05) is 0 Å². The first-order valence-electron chi connectivity index (χ1n) is 5.34.